The largest absolute Gasteiger partial charge is 0.383 e. The number of benzene rings is 1. The number of hydrogen-bond donors (Lipinski definition) is 3. The lowest BCUT2D eigenvalue weighted by molar-refractivity contribution is -0.118. The number of carbonyl (C=O) groups excluding carboxylic acids is 1. The van der Waals surface area contributed by atoms with E-state index in [0.29, 0.717) is 13.1 Å². The maximum absolute atomic E-state index is 10.7. The van der Waals surface area contributed by atoms with Gasteiger partial charge in [-0.2, -0.15) is 0 Å². The van der Waals surface area contributed by atoms with Gasteiger partial charge in [0, 0.05) is 25.7 Å². The first-order chi connectivity index (χ1) is 8.13. The van der Waals surface area contributed by atoms with Gasteiger partial charge in [0.15, 0.2) is 0 Å². The molecule has 1 aromatic rings. The molecule has 0 aliphatic rings. The van der Waals surface area contributed by atoms with Gasteiger partial charge in [-0.1, -0.05) is 6.07 Å². The van der Waals surface area contributed by atoms with Crippen molar-refractivity contribution < 1.29 is 4.79 Å². The highest BCUT2D eigenvalue weighted by molar-refractivity contribution is 5.72. The third kappa shape index (κ3) is 4.87. The lowest BCUT2D eigenvalue weighted by Gasteiger charge is -2.10. The molecule has 0 fully saturated rings. The van der Waals surface area contributed by atoms with Crippen molar-refractivity contribution in [1.29, 1.82) is 0 Å². The summed E-state index contributed by atoms with van der Waals surface area (Å²) in [7, 11) is 0. The molecule has 0 aliphatic heterocycles. The van der Waals surface area contributed by atoms with Gasteiger partial charge in [0.1, 0.15) is 0 Å². The van der Waals surface area contributed by atoms with E-state index in [1.54, 1.807) is 0 Å². The molecule has 17 heavy (non-hydrogen) atoms. The highest BCUT2D eigenvalue weighted by atomic mass is 16.1. The second-order valence-corrected chi connectivity index (χ2v) is 4.09. The van der Waals surface area contributed by atoms with Gasteiger partial charge in [-0.25, -0.2) is 0 Å². The van der Waals surface area contributed by atoms with Gasteiger partial charge in [0.05, 0.1) is 0 Å². The standard InChI is InChI=1S/C13H21N3O/c1-10-9-13(4-3-12(10)5-6-14)16-8-7-15-11(2)17/h3-4,9,16H,5-8,14H2,1-2H3,(H,15,17). The van der Waals surface area contributed by atoms with E-state index in [9.17, 15) is 4.79 Å². The fraction of sp³-hybridized carbons (Fsp3) is 0.462. The second-order valence-electron chi connectivity index (χ2n) is 4.09. The molecule has 0 aliphatic carbocycles. The molecule has 1 amide bonds. The lowest BCUT2D eigenvalue weighted by Crippen LogP contribution is -2.26. The molecule has 0 spiro atoms. The maximum Gasteiger partial charge on any atom is 0.216 e. The molecular formula is C13H21N3O. The Bertz CT molecular complexity index is 377. The van der Waals surface area contributed by atoms with Gasteiger partial charge < -0.3 is 16.4 Å². The number of carbonyl (C=O) groups is 1. The maximum atomic E-state index is 10.7. The number of aryl methyl sites for hydroxylation is 1. The summed E-state index contributed by atoms with van der Waals surface area (Å²) in [6.45, 7) is 5.65. The van der Waals surface area contributed by atoms with Crippen molar-refractivity contribution in [2.24, 2.45) is 5.73 Å². The molecular weight excluding hydrogens is 214 g/mol. The summed E-state index contributed by atoms with van der Waals surface area (Å²) in [5.74, 6) is 0.00118. The highest BCUT2D eigenvalue weighted by Gasteiger charge is 1.99. The smallest absolute Gasteiger partial charge is 0.216 e. The minimum Gasteiger partial charge on any atom is -0.383 e. The summed E-state index contributed by atoms with van der Waals surface area (Å²) in [5.41, 5.74) is 9.16. The topological polar surface area (TPSA) is 67.2 Å². The number of nitrogens with two attached hydrogens (primary N) is 1. The van der Waals surface area contributed by atoms with Gasteiger partial charge in [0.2, 0.25) is 5.91 Å². The molecule has 94 valence electrons. The molecule has 4 N–H and O–H groups in total. The molecule has 0 aromatic heterocycles. The van der Waals surface area contributed by atoms with Crippen molar-refractivity contribution in [3.63, 3.8) is 0 Å². The fourth-order valence-corrected chi connectivity index (χ4v) is 1.69. The molecule has 0 saturated carbocycles. The molecule has 0 saturated heterocycles. The van der Waals surface area contributed by atoms with Crippen LogP contribution in [0.1, 0.15) is 18.1 Å². The van der Waals surface area contributed by atoms with Crippen LogP contribution in [0.15, 0.2) is 18.2 Å². The van der Waals surface area contributed by atoms with Crippen LogP contribution in [0.25, 0.3) is 0 Å². The molecule has 0 bridgehead atoms. The Kier molecular flexibility index (Phi) is 5.49. The SMILES string of the molecule is CC(=O)NCCNc1ccc(CCN)c(C)c1. The molecule has 0 unspecified atom stereocenters. The Morgan fingerprint density at radius 3 is 2.71 bits per heavy atom. The monoisotopic (exact) mass is 235 g/mol. The van der Waals surface area contributed by atoms with Crippen molar-refractivity contribution in [2.45, 2.75) is 20.3 Å². The Balaban J connectivity index is 2.44. The number of rotatable bonds is 6. The van der Waals surface area contributed by atoms with E-state index in [1.807, 2.05) is 6.07 Å². The van der Waals surface area contributed by atoms with E-state index in [2.05, 4.69) is 29.7 Å². The third-order valence-electron chi connectivity index (χ3n) is 2.58. The summed E-state index contributed by atoms with van der Waals surface area (Å²) in [6.07, 6.45) is 0.915. The minimum atomic E-state index is 0.00118. The molecule has 0 heterocycles. The number of nitrogens with one attached hydrogen (secondary N) is 2. The van der Waals surface area contributed by atoms with Crippen LogP contribution < -0.4 is 16.4 Å². The molecule has 1 rings (SSSR count). The van der Waals surface area contributed by atoms with E-state index in [4.69, 9.17) is 5.73 Å². The second kappa shape index (κ2) is 6.91. The van der Waals surface area contributed by atoms with E-state index >= 15 is 0 Å². The van der Waals surface area contributed by atoms with Crippen molar-refractivity contribution in [2.75, 3.05) is 25.0 Å². The van der Waals surface area contributed by atoms with E-state index < -0.39 is 0 Å². The van der Waals surface area contributed by atoms with Gasteiger partial charge in [-0.05, 0) is 43.1 Å². The van der Waals surface area contributed by atoms with Crippen molar-refractivity contribution in [3.05, 3.63) is 29.3 Å². The van der Waals surface area contributed by atoms with E-state index in [-0.39, 0.29) is 5.91 Å². The Morgan fingerprint density at radius 1 is 1.35 bits per heavy atom. The van der Waals surface area contributed by atoms with Crippen LogP contribution in [-0.2, 0) is 11.2 Å². The zero-order valence-corrected chi connectivity index (χ0v) is 10.5. The Labute approximate surface area is 103 Å². The molecule has 4 heteroatoms. The van der Waals surface area contributed by atoms with Gasteiger partial charge in [-0.15, -0.1) is 0 Å². The number of anilines is 1. The highest BCUT2D eigenvalue weighted by Crippen LogP contribution is 2.15. The zero-order chi connectivity index (χ0) is 12.7. The van der Waals surface area contributed by atoms with Crippen LogP contribution in [0.5, 0.6) is 0 Å². The van der Waals surface area contributed by atoms with E-state index in [0.717, 1.165) is 18.7 Å². The summed E-state index contributed by atoms with van der Waals surface area (Å²) in [5, 5.41) is 6.01. The lowest BCUT2D eigenvalue weighted by atomic mass is 10.1. The van der Waals surface area contributed by atoms with Crippen LogP contribution in [-0.4, -0.2) is 25.5 Å². The predicted molar refractivity (Wildman–Crippen MR) is 71.1 cm³/mol. The Hall–Kier alpha value is -1.55. The fourth-order valence-electron chi connectivity index (χ4n) is 1.69. The quantitative estimate of drug-likeness (QED) is 0.645. The summed E-state index contributed by atoms with van der Waals surface area (Å²) < 4.78 is 0. The first-order valence-corrected chi connectivity index (χ1v) is 5.91. The summed E-state index contributed by atoms with van der Waals surface area (Å²) in [4.78, 5) is 10.7. The summed E-state index contributed by atoms with van der Waals surface area (Å²) in [6, 6.07) is 6.26. The van der Waals surface area contributed by atoms with Crippen molar-refractivity contribution in [1.82, 2.24) is 5.32 Å². The van der Waals surface area contributed by atoms with Gasteiger partial charge in [0.25, 0.3) is 0 Å². The van der Waals surface area contributed by atoms with Crippen LogP contribution >= 0.6 is 0 Å². The van der Waals surface area contributed by atoms with Crippen molar-refractivity contribution in [3.8, 4) is 0 Å². The molecule has 4 nitrogen and oxygen atoms in total. The average molecular weight is 235 g/mol. The van der Waals surface area contributed by atoms with Crippen LogP contribution in [0, 0.1) is 6.92 Å². The Morgan fingerprint density at radius 2 is 2.12 bits per heavy atom. The van der Waals surface area contributed by atoms with E-state index in [1.165, 1.54) is 18.1 Å². The average Bonchev–Trinajstić information content (AvgIpc) is 2.28. The van der Waals surface area contributed by atoms with Crippen LogP contribution in [0.3, 0.4) is 0 Å². The predicted octanol–water partition coefficient (Wildman–Crippen LogP) is 1.04. The van der Waals surface area contributed by atoms with Crippen LogP contribution in [0.2, 0.25) is 0 Å². The number of amides is 1. The third-order valence-corrected chi connectivity index (χ3v) is 2.58. The molecule has 0 radical (unpaired) electrons. The van der Waals surface area contributed by atoms with Crippen molar-refractivity contribution >= 4 is 11.6 Å². The van der Waals surface area contributed by atoms with Crippen LogP contribution in [0.4, 0.5) is 5.69 Å². The first kappa shape index (κ1) is 13.5. The zero-order valence-electron chi connectivity index (χ0n) is 10.5. The van der Waals surface area contributed by atoms with Gasteiger partial charge >= 0.3 is 0 Å². The minimum absolute atomic E-state index is 0.00118. The molecule has 1 aromatic carbocycles. The first-order valence-electron chi connectivity index (χ1n) is 5.91. The number of hydrogen-bond acceptors (Lipinski definition) is 3. The summed E-state index contributed by atoms with van der Waals surface area (Å²) >= 11 is 0. The molecule has 0 atom stereocenters. The normalized spacial score (nSPS) is 10.1. The van der Waals surface area contributed by atoms with Gasteiger partial charge in [-0.3, -0.25) is 4.79 Å².